The van der Waals surface area contributed by atoms with E-state index in [-0.39, 0.29) is 11.1 Å². The third-order valence-electron chi connectivity index (χ3n) is 5.07. The summed E-state index contributed by atoms with van der Waals surface area (Å²) in [5.41, 5.74) is 7.59. The summed E-state index contributed by atoms with van der Waals surface area (Å²) in [5, 5.41) is 0. The van der Waals surface area contributed by atoms with Gasteiger partial charge in [-0.2, -0.15) is 0 Å². The van der Waals surface area contributed by atoms with E-state index in [0.29, 0.717) is 5.92 Å². The topological polar surface area (TPSA) is 52.6 Å². The van der Waals surface area contributed by atoms with Crippen LogP contribution in [0.3, 0.4) is 0 Å². The highest BCUT2D eigenvalue weighted by Crippen LogP contribution is 2.42. The first kappa shape index (κ1) is 20.7. The van der Waals surface area contributed by atoms with Crippen molar-refractivity contribution >= 4 is 11.9 Å². The zero-order valence-electron chi connectivity index (χ0n) is 17.4. The highest BCUT2D eigenvalue weighted by atomic mass is 16.5. The van der Waals surface area contributed by atoms with E-state index in [4.69, 9.17) is 9.47 Å². The molecule has 0 amide bonds. The summed E-state index contributed by atoms with van der Waals surface area (Å²) in [6, 6.07) is 0. The standard InChI is InChI=1S/C23H28O4/c1-12(2)18-14(4)11-15(5)20-19(16(18)6)13(3)9-10-17(22(24)26-7)21(20)23(25)27-8/h9-12H,1-8H3. The molecule has 2 aliphatic rings. The highest BCUT2D eigenvalue weighted by molar-refractivity contribution is 6.07. The number of hydrogen-bond donors (Lipinski definition) is 0. The molecule has 0 atom stereocenters. The number of ether oxygens (including phenoxy) is 2. The van der Waals surface area contributed by atoms with Gasteiger partial charge in [0.1, 0.15) is 0 Å². The molecule has 0 aromatic carbocycles. The van der Waals surface area contributed by atoms with Crippen molar-refractivity contribution in [1.29, 1.82) is 0 Å². The van der Waals surface area contributed by atoms with Crippen LogP contribution in [0, 0.1) is 5.92 Å². The normalized spacial score (nSPS) is 17.7. The number of rotatable bonds is 3. The van der Waals surface area contributed by atoms with Gasteiger partial charge in [-0.1, -0.05) is 26.0 Å². The lowest BCUT2D eigenvalue weighted by Gasteiger charge is -2.21. The molecule has 2 aliphatic carbocycles. The van der Waals surface area contributed by atoms with Gasteiger partial charge in [-0.25, -0.2) is 9.59 Å². The molecule has 0 fully saturated rings. The molecule has 27 heavy (non-hydrogen) atoms. The minimum absolute atomic E-state index is 0.208. The molecule has 0 aromatic heterocycles. The van der Waals surface area contributed by atoms with Crippen LogP contribution in [-0.2, 0) is 19.1 Å². The number of carbonyl (C=O) groups is 2. The van der Waals surface area contributed by atoms with Crippen molar-refractivity contribution in [3.63, 3.8) is 0 Å². The van der Waals surface area contributed by atoms with Gasteiger partial charge in [-0.3, -0.25) is 0 Å². The average molecular weight is 368 g/mol. The number of fused-ring (bicyclic) bond motifs is 1. The number of allylic oxidation sites excluding steroid dienone is 8. The van der Waals surface area contributed by atoms with Crippen molar-refractivity contribution in [2.24, 2.45) is 5.92 Å². The Morgan fingerprint density at radius 3 is 1.96 bits per heavy atom. The van der Waals surface area contributed by atoms with Crippen LogP contribution in [0.15, 0.2) is 68.4 Å². The SMILES string of the molecule is COC(=O)C1=C(C(=O)OC)C2=C(C)C=C(C)C(C(C)C)=C(C)C2=C(C)C=C1. The third kappa shape index (κ3) is 3.61. The summed E-state index contributed by atoms with van der Waals surface area (Å²) in [6.07, 6.45) is 5.60. The monoisotopic (exact) mass is 368 g/mol. The van der Waals surface area contributed by atoms with Crippen molar-refractivity contribution in [2.45, 2.75) is 41.5 Å². The zero-order valence-corrected chi connectivity index (χ0v) is 17.4. The first-order valence-electron chi connectivity index (χ1n) is 9.06. The van der Waals surface area contributed by atoms with Crippen LogP contribution in [0.4, 0.5) is 0 Å². The van der Waals surface area contributed by atoms with Gasteiger partial charge in [0.2, 0.25) is 0 Å². The maximum Gasteiger partial charge on any atom is 0.339 e. The predicted octanol–water partition coefficient (Wildman–Crippen LogP) is 4.76. The fourth-order valence-electron chi connectivity index (χ4n) is 4.10. The fourth-order valence-corrected chi connectivity index (χ4v) is 4.10. The Morgan fingerprint density at radius 2 is 1.44 bits per heavy atom. The quantitative estimate of drug-likeness (QED) is 0.674. The van der Waals surface area contributed by atoms with Crippen molar-refractivity contribution < 1.29 is 19.1 Å². The van der Waals surface area contributed by atoms with Gasteiger partial charge in [0.05, 0.1) is 25.4 Å². The van der Waals surface area contributed by atoms with E-state index in [1.807, 2.05) is 19.9 Å². The summed E-state index contributed by atoms with van der Waals surface area (Å²) in [6.45, 7) is 12.5. The Morgan fingerprint density at radius 1 is 0.852 bits per heavy atom. The summed E-state index contributed by atoms with van der Waals surface area (Å²) in [5.74, 6) is -0.781. The highest BCUT2D eigenvalue weighted by Gasteiger charge is 2.32. The van der Waals surface area contributed by atoms with Crippen LogP contribution in [0.25, 0.3) is 0 Å². The molecule has 4 nitrogen and oxygen atoms in total. The molecule has 144 valence electrons. The number of esters is 2. The Hall–Kier alpha value is -2.62. The lowest BCUT2D eigenvalue weighted by molar-refractivity contribution is -0.138. The van der Waals surface area contributed by atoms with E-state index in [1.54, 1.807) is 6.08 Å². The summed E-state index contributed by atoms with van der Waals surface area (Å²) < 4.78 is 9.98. The average Bonchev–Trinajstić information content (AvgIpc) is 2.81. The molecule has 4 heteroatoms. The first-order chi connectivity index (χ1) is 12.6. The Balaban J connectivity index is 3.01. The minimum Gasteiger partial charge on any atom is -0.465 e. The molecule has 0 N–H and O–H groups in total. The van der Waals surface area contributed by atoms with Crippen molar-refractivity contribution in [2.75, 3.05) is 14.2 Å². The Kier molecular flexibility index (Phi) is 6.09. The second-order valence-electron chi connectivity index (χ2n) is 7.24. The van der Waals surface area contributed by atoms with E-state index in [1.165, 1.54) is 19.8 Å². The molecule has 0 heterocycles. The fraction of sp³-hybridized carbons (Fsp3) is 0.391. The van der Waals surface area contributed by atoms with E-state index in [0.717, 1.165) is 33.4 Å². The first-order valence-corrected chi connectivity index (χ1v) is 9.06. The van der Waals surface area contributed by atoms with E-state index in [9.17, 15) is 9.59 Å². The third-order valence-corrected chi connectivity index (χ3v) is 5.07. The number of carbonyl (C=O) groups excluding carboxylic acids is 2. The van der Waals surface area contributed by atoms with Crippen LogP contribution < -0.4 is 0 Å². The predicted molar refractivity (Wildman–Crippen MR) is 107 cm³/mol. The molecule has 0 spiro atoms. The molecule has 0 unspecified atom stereocenters. The molecule has 0 radical (unpaired) electrons. The van der Waals surface area contributed by atoms with E-state index in [2.05, 4.69) is 33.8 Å². The summed E-state index contributed by atoms with van der Waals surface area (Å²) in [7, 11) is 2.63. The van der Waals surface area contributed by atoms with Gasteiger partial charge in [-0.15, -0.1) is 0 Å². The van der Waals surface area contributed by atoms with Crippen LogP contribution in [0.2, 0.25) is 0 Å². The number of methoxy groups -OCH3 is 2. The van der Waals surface area contributed by atoms with Crippen LogP contribution in [0.5, 0.6) is 0 Å². The molecule has 0 bridgehead atoms. The van der Waals surface area contributed by atoms with Gasteiger partial charge >= 0.3 is 11.9 Å². The van der Waals surface area contributed by atoms with Crippen LogP contribution in [0.1, 0.15) is 41.5 Å². The van der Waals surface area contributed by atoms with Crippen molar-refractivity contribution in [1.82, 2.24) is 0 Å². The molecule has 2 rings (SSSR count). The molecular weight excluding hydrogens is 340 g/mol. The maximum absolute atomic E-state index is 12.8. The smallest absolute Gasteiger partial charge is 0.339 e. The second kappa shape index (κ2) is 7.95. The van der Waals surface area contributed by atoms with Gasteiger partial charge < -0.3 is 9.47 Å². The lowest BCUT2D eigenvalue weighted by Crippen LogP contribution is -2.17. The van der Waals surface area contributed by atoms with Crippen LogP contribution in [-0.4, -0.2) is 26.2 Å². The van der Waals surface area contributed by atoms with Crippen molar-refractivity contribution in [3.05, 3.63) is 68.4 Å². The number of hydrogen-bond acceptors (Lipinski definition) is 4. The van der Waals surface area contributed by atoms with E-state index >= 15 is 0 Å². The van der Waals surface area contributed by atoms with Gasteiger partial charge in [-0.05, 0) is 73.1 Å². The van der Waals surface area contributed by atoms with Gasteiger partial charge in [0, 0.05) is 5.57 Å². The van der Waals surface area contributed by atoms with Crippen molar-refractivity contribution in [3.8, 4) is 0 Å². The largest absolute Gasteiger partial charge is 0.465 e. The van der Waals surface area contributed by atoms with Gasteiger partial charge in [0.25, 0.3) is 0 Å². The Labute approximate surface area is 161 Å². The molecule has 0 aromatic rings. The Bertz CT molecular complexity index is 883. The zero-order chi connectivity index (χ0) is 20.5. The minimum atomic E-state index is -0.559. The summed E-state index contributed by atoms with van der Waals surface area (Å²) >= 11 is 0. The lowest BCUT2D eigenvalue weighted by atomic mass is 9.83. The second-order valence-corrected chi connectivity index (χ2v) is 7.24. The molecule has 0 saturated carbocycles. The van der Waals surface area contributed by atoms with Crippen LogP contribution >= 0.6 is 0 Å². The molecule has 0 aliphatic heterocycles. The maximum atomic E-state index is 12.8. The molecule has 0 saturated heterocycles. The summed E-state index contributed by atoms with van der Waals surface area (Å²) in [4.78, 5) is 25.2. The van der Waals surface area contributed by atoms with E-state index < -0.39 is 11.9 Å². The van der Waals surface area contributed by atoms with Gasteiger partial charge in [0.15, 0.2) is 0 Å². The molecular formula is C23H28O4.